The fourth-order valence-corrected chi connectivity index (χ4v) is 7.71. The molecule has 7 atom stereocenters. The van der Waals surface area contributed by atoms with E-state index in [2.05, 4.69) is 55.2 Å². The Bertz CT molecular complexity index is 680. The van der Waals surface area contributed by atoms with Gasteiger partial charge in [0.25, 0.3) is 0 Å². The van der Waals surface area contributed by atoms with E-state index in [1.807, 2.05) is 6.92 Å². The van der Waals surface area contributed by atoms with E-state index in [4.69, 9.17) is 0 Å². The van der Waals surface area contributed by atoms with Gasteiger partial charge in [-0.3, -0.25) is 0 Å². The van der Waals surface area contributed by atoms with Crippen LogP contribution in [0.3, 0.4) is 0 Å². The van der Waals surface area contributed by atoms with E-state index >= 15 is 0 Å². The molecule has 3 aliphatic carbocycles. The number of halogens is 1. The summed E-state index contributed by atoms with van der Waals surface area (Å²) in [5.41, 5.74) is 3.58. The third-order valence-electron chi connectivity index (χ3n) is 8.46. The van der Waals surface area contributed by atoms with Crippen molar-refractivity contribution in [1.82, 2.24) is 0 Å². The van der Waals surface area contributed by atoms with Crippen molar-refractivity contribution in [2.75, 3.05) is 0 Å². The Balaban J connectivity index is 1.75. The van der Waals surface area contributed by atoms with Gasteiger partial charge in [-0.15, -0.1) is 0 Å². The lowest BCUT2D eigenvalue weighted by Crippen LogP contribution is -2.46. The maximum atomic E-state index is 10.1. The van der Waals surface area contributed by atoms with Crippen LogP contribution in [0.15, 0.2) is 35.5 Å². The molecule has 3 aliphatic rings. The van der Waals surface area contributed by atoms with Gasteiger partial charge in [0, 0.05) is 3.42 Å². The van der Waals surface area contributed by atoms with Crippen LogP contribution in [0.5, 0.6) is 0 Å². The second-order valence-electron chi connectivity index (χ2n) is 10.5. The Morgan fingerprint density at radius 1 is 1.13 bits per heavy atom. The van der Waals surface area contributed by atoms with Crippen molar-refractivity contribution in [3.05, 3.63) is 35.5 Å². The Morgan fingerprint density at radius 3 is 2.43 bits per heavy atom. The van der Waals surface area contributed by atoms with Crippen LogP contribution in [0.25, 0.3) is 0 Å². The van der Waals surface area contributed by atoms with Crippen molar-refractivity contribution in [2.24, 2.45) is 17.3 Å². The topological polar surface area (TPSA) is 60.7 Å². The summed E-state index contributed by atoms with van der Waals surface area (Å²) in [4.78, 5) is 0. The molecule has 0 saturated heterocycles. The number of alkyl halides is 1. The highest BCUT2D eigenvalue weighted by atomic mass is 127. The minimum absolute atomic E-state index is 0.194. The number of aliphatic hydroxyl groups is 3. The van der Waals surface area contributed by atoms with Gasteiger partial charge in [0.2, 0.25) is 0 Å². The monoisotopic (exact) mass is 528 g/mol. The zero-order chi connectivity index (χ0) is 22.1. The molecular weight excluding hydrogens is 487 g/mol. The maximum Gasteiger partial charge on any atom is 0.0809 e. The van der Waals surface area contributed by atoms with Gasteiger partial charge >= 0.3 is 0 Å². The normalized spacial score (nSPS) is 40.4. The molecule has 0 bridgehead atoms. The zero-order valence-corrected chi connectivity index (χ0v) is 21.2. The van der Waals surface area contributed by atoms with Gasteiger partial charge in [-0.05, 0) is 87.5 Å². The van der Waals surface area contributed by atoms with Crippen LogP contribution in [0.2, 0.25) is 0 Å². The number of hydrogen-bond donors (Lipinski definition) is 3. The summed E-state index contributed by atoms with van der Waals surface area (Å²) in [6.45, 7) is 10.7. The Kier molecular flexibility index (Phi) is 7.96. The van der Waals surface area contributed by atoms with Gasteiger partial charge in [0.05, 0.1) is 18.3 Å². The van der Waals surface area contributed by atoms with Crippen molar-refractivity contribution >= 4 is 22.6 Å². The van der Waals surface area contributed by atoms with Crippen LogP contribution in [0.1, 0.15) is 85.0 Å². The fourth-order valence-electron chi connectivity index (χ4n) is 6.44. The molecule has 30 heavy (non-hydrogen) atoms. The third-order valence-corrected chi connectivity index (χ3v) is 11.3. The van der Waals surface area contributed by atoms with Crippen molar-refractivity contribution in [3.8, 4) is 0 Å². The average molecular weight is 529 g/mol. The lowest BCUT2D eigenvalue weighted by molar-refractivity contribution is 0.123. The molecule has 0 radical (unpaired) electrons. The van der Waals surface area contributed by atoms with Crippen molar-refractivity contribution in [2.45, 2.75) is 107 Å². The second kappa shape index (κ2) is 9.76. The second-order valence-corrected chi connectivity index (χ2v) is 12.4. The van der Waals surface area contributed by atoms with Crippen LogP contribution in [-0.2, 0) is 0 Å². The van der Waals surface area contributed by atoms with Gasteiger partial charge < -0.3 is 15.3 Å². The molecule has 0 heterocycles. The molecule has 1 unspecified atom stereocenters. The first-order valence-electron chi connectivity index (χ1n) is 11.9. The highest BCUT2D eigenvalue weighted by molar-refractivity contribution is 14.1. The molecule has 0 spiro atoms. The van der Waals surface area contributed by atoms with Gasteiger partial charge in [-0.2, -0.15) is 0 Å². The highest BCUT2D eigenvalue weighted by Gasteiger charge is 2.59. The predicted molar refractivity (Wildman–Crippen MR) is 133 cm³/mol. The molecule has 170 valence electrons. The summed E-state index contributed by atoms with van der Waals surface area (Å²) in [6, 6.07) is 0. The summed E-state index contributed by atoms with van der Waals surface area (Å²) < 4.78 is 0.315. The van der Waals surface area contributed by atoms with Crippen LogP contribution >= 0.6 is 22.6 Å². The summed E-state index contributed by atoms with van der Waals surface area (Å²) in [6.07, 6.45) is 13.7. The first-order chi connectivity index (χ1) is 14.1. The molecule has 3 fully saturated rings. The van der Waals surface area contributed by atoms with E-state index in [-0.39, 0.29) is 6.10 Å². The fraction of sp³-hybridized carbons (Fsp3) is 0.769. The summed E-state index contributed by atoms with van der Waals surface area (Å²) >= 11 is 2.81. The van der Waals surface area contributed by atoms with Crippen molar-refractivity contribution < 1.29 is 15.3 Å². The zero-order valence-electron chi connectivity index (χ0n) is 19.0. The summed E-state index contributed by atoms with van der Waals surface area (Å²) in [5.74, 6) is 1.28. The SMILES string of the molecule is C=C1[C@H](O)CC(=C/C=C2\CCC[C@@]3(C)[C@H]2CC[C@]3(I)[C@H](C)CCCC(C)O)C[C@H]1O. The minimum atomic E-state index is -0.619. The maximum absolute atomic E-state index is 10.1. The molecule has 0 amide bonds. The molecule has 3 nitrogen and oxygen atoms in total. The van der Waals surface area contributed by atoms with E-state index in [0.29, 0.717) is 39.1 Å². The van der Waals surface area contributed by atoms with Gasteiger partial charge in [-0.1, -0.05) is 72.7 Å². The number of hydrogen-bond acceptors (Lipinski definition) is 3. The van der Waals surface area contributed by atoms with Gasteiger partial charge in [0.1, 0.15) is 0 Å². The summed E-state index contributed by atoms with van der Waals surface area (Å²) in [7, 11) is 0. The molecule has 0 aromatic heterocycles. The predicted octanol–water partition coefficient (Wildman–Crippen LogP) is 5.87. The lowest BCUT2D eigenvalue weighted by Gasteiger charge is -2.50. The van der Waals surface area contributed by atoms with E-state index in [1.54, 1.807) is 5.57 Å². The number of aliphatic hydroxyl groups excluding tert-OH is 3. The molecule has 0 aromatic rings. The quantitative estimate of drug-likeness (QED) is 0.230. The number of allylic oxidation sites excluding steroid dienone is 3. The molecule has 4 heteroatoms. The Labute approximate surface area is 196 Å². The Morgan fingerprint density at radius 2 is 1.80 bits per heavy atom. The highest BCUT2D eigenvalue weighted by Crippen LogP contribution is 2.65. The van der Waals surface area contributed by atoms with E-state index < -0.39 is 12.2 Å². The van der Waals surface area contributed by atoms with Crippen LogP contribution < -0.4 is 0 Å². The molecule has 0 aromatic carbocycles. The lowest BCUT2D eigenvalue weighted by atomic mass is 9.60. The van der Waals surface area contributed by atoms with E-state index in [0.717, 1.165) is 18.4 Å². The van der Waals surface area contributed by atoms with Gasteiger partial charge in [0.15, 0.2) is 0 Å². The standard InChI is InChI=1S/C26H41IO3/c1-17(7-5-8-18(2)28)26(27)14-12-22-21(9-6-13-25(22,26)4)11-10-20-15-23(29)19(3)24(30)16-20/h10-11,17-18,22-24,28-30H,3,5-9,12-16H2,1-2,4H3/b21-11+/t17-,18?,22+,23-,24-,25+,26+/m1/s1. The minimum Gasteiger partial charge on any atom is -0.393 e. The molecular formula is C26H41IO3. The van der Waals surface area contributed by atoms with Crippen LogP contribution in [0.4, 0.5) is 0 Å². The Hall–Kier alpha value is -0.170. The van der Waals surface area contributed by atoms with Crippen LogP contribution in [0, 0.1) is 17.3 Å². The smallest absolute Gasteiger partial charge is 0.0809 e. The number of fused-ring (bicyclic) bond motifs is 1. The molecule has 3 N–H and O–H groups in total. The first-order valence-corrected chi connectivity index (χ1v) is 13.0. The summed E-state index contributed by atoms with van der Waals surface area (Å²) in [5, 5.41) is 29.9. The molecule has 0 aliphatic heterocycles. The van der Waals surface area contributed by atoms with Crippen LogP contribution in [-0.4, -0.2) is 37.1 Å². The largest absolute Gasteiger partial charge is 0.393 e. The van der Waals surface area contributed by atoms with E-state index in [9.17, 15) is 15.3 Å². The van der Waals surface area contributed by atoms with Crippen molar-refractivity contribution in [1.29, 1.82) is 0 Å². The van der Waals surface area contributed by atoms with E-state index in [1.165, 1.54) is 38.5 Å². The average Bonchev–Trinajstić information content (AvgIpc) is 2.96. The molecule has 3 rings (SSSR count). The van der Waals surface area contributed by atoms with Gasteiger partial charge in [-0.25, -0.2) is 0 Å². The number of rotatable bonds is 6. The third kappa shape index (κ3) is 4.77. The van der Waals surface area contributed by atoms with Crippen molar-refractivity contribution in [3.63, 3.8) is 0 Å². The first kappa shape index (κ1) is 24.5. The molecule has 3 saturated carbocycles.